The second kappa shape index (κ2) is 6.19. The Morgan fingerprint density at radius 3 is 2.43 bits per heavy atom. The van der Waals surface area contributed by atoms with Gasteiger partial charge in [0.05, 0.1) is 11.6 Å². The smallest absolute Gasteiger partial charge is 0.365 e. The molecule has 0 aliphatic heterocycles. The van der Waals surface area contributed by atoms with Crippen molar-refractivity contribution < 1.29 is 13.2 Å². The number of anilines is 1. The molecular weight excluding hydrogens is 345 g/mol. The number of benzene rings is 2. The molecule has 0 fully saturated rings. The second-order valence-corrected chi connectivity index (χ2v) is 5.16. The summed E-state index contributed by atoms with van der Waals surface area (Å²) in [7, 11) is 0. The molecule has 21 heavy (non-hydrogen) atoms. The maximum Gasteiger partial charge on any atom is 0.416 e. The lowest BCUT2D eigenvalue weighted by Gasteiger charge is -2.16. The van der Waals surface area contributed by atoms with E-state index in [1.165, 1.54) is 12.1 Å². The molecule has 0 saturated heterocycles. The van der Waals surface area contributed by atoms with Gasteiger partial charge in [-0.3, -0.25) is 0 Å². The van der Waals surface area contributed by atoms with E-state index in [2.05, 4.69) is 21.2 Å². The van der Waals surface area contributed by atoms with Gasteiger partial charge in [-0.2, -0.15) is 18.4 Å². The molecule has 2 aromatic rings. The molecule has 0 aliphatic carbocycles. The largest absolute Gasteiger partial charge is 0.416 e. The zero-order valence-corrected chi connectivity index (χ0v) is 12.2. The van der Waals surface area contributed by atoms with E-state index in [0.29, 0.717) is 5.69 Å². The minimum absolute atomic E-state index is 0.267. The fraction of sp³-hybridized carbons (Fsp3) is 0.133. The minimum Gasteiger partial charge on any atom is -0.365 e. The van der Waals surface area contributed by atoms with Crippen LogP contribution in [-0.2, 0) is 6.18 Å². The van der Waals surface area contributed by atoms with Gasteiger partial charge in [-0.25, -0.2) is 0 Å². The molecule has 0 saturated carbocycles. The van der Waals surface area contributed by atoms with E-state index in [-0.39, 0.29) is 5.56 Å². The van der Waals surface area contributed by atoms with Crippen LogP contribution in [0.4, 0.5) is 18.9 Å². The summed E-state index contributed by atoms with van der Waals surface area (Å²) < 4.78 is 38.9. The third kappa shape index (κ3) is 3.76. The number of nitrogens with zero attached hydrogens (tertiary/aromatic N) is 1. The first-order chi connectivity index (χ1) is 9.91. The van der Waals surface area contributed by atoms with Crippen molar-refractivity contribution in [2.24, 2.45) is 0 Å². The predicted molar refractivity (Wildman–Crippen MR) is 77.6 cm³/mol. The van der Waals surface area contributed by atoms with Crippen LogP contribution in [0.1, 0.15) is 17.2 Å². The maximum atomic E-state index is 12.7. The Bertz CT molecular complexity index is 677. The van der Waals surface area contributed by atoms with Crippen molar-refractivity contribution in [3.05, 3.63) is 64.1 Å². The Labute approximate surface area is 128 Å². The summed E-state index contributed by atoms with van der Waals surface area (Å²) in [5.41, 5.74) is 0.138. The Kier molecular flexibility index (Phi) is 4.53. The number of alkyl halides is 3. The van der Waals surface area contributed by atoms with Gasteiger partial charge in [-0.15, -0.1) is 0 Å². The van der Waals surface area contributed by atoms with Gasteiger partial charge < -0.3 is 5.32 Å². The molecule has 0 amide bonds. The Morgan fingerprint density at radius 1 is 1.10 bits per heavy atom. The van der Waals surface area contributed by atoms with E-state index in [9.17, 15) is 18.4 Å². The standard InChI is InChI=1S/C15H10BrF3N2/c16-12-6-1-2-7-13(12)21-14(9-20)10-4-3-5-11(8-10)15(17,18)19/h1-8,14,21H. The van der Waals surface area contributed by atoms with Crippen molar-refractivity contribution in [2.75, 3.05) is 5.32 Å². The molecule has 0 radical (unpaired) electrons. The highest BCUT2D eigenvalue weighted by Crippen LogP contribution is 2.32. The predicted octanol–water partition coefficient (Wildman–Crippen LogP) is 5.14. The average molecular weight is 355 g/mol. The number of nitriles is 1. The lowest BCUT2D eigenvalue weighted by atomic mass is 10.0. The van der Waals surface area contributed by atoms with Gasteiger partial charge in [0, 0.05) is 10.2 Å². The van der Waals surface area contributed by atoms with Gasteiger partial charge in [0.15, 0.2) is 0 Å². The molecule has 2 rings (SSSR count). The summed E-state index contributed by atoms with van der Waals surface area (Å²) in [5, 5.41) is 12.1. The van der Waals surface area contributed by atoms with Crippen LogP contribution in [0.2, 0.25) is 0 Å². The molecule has 0 aromatic heterocycles. The normalized spacial score (nSPS) is 12.5. The molecule has 0 aliphatic rings. The topological polar surface area (TPSA) is 35.8 Å². The van der Waals surface area contributed by atoms with E-state index in [1.54, 1.807) is 24.3 Å². The van der Waals surface area contributed by atoms with Crippen molar-refractivity contribution in [3.63, 3.8) is 0 Å². The van der Waals surface area contributed by atoms with Gasteiger partial charge in [-0.05, 0) is 45.8 Å². The second-order valence-electron chi connectivity index (χ2n) is 4.31. The highest BCUT2D eigenvalue weighted by molar-refractivity contribution is 9.10. The van der Waals surface area contributed by atoms with Gasteiger partial charge >= 0.3 is 6.18 Å². The zero-order chi connectivity index (χ0) is 15.5. The van der Waals surface area contributed by atoms with Crippen LogP contribution in [0.15, 0.2) is 53.0 Å². The molecule has 0 bridgehead atoms. The number of hydrogen-bond donors (Lipinski definition) is 1. The van der Waals surface area contributed by atoms with E-state index in [1.807, 2.05) is 6.07 Å². The van der Waals surface area contributed by atoms with Crippen molar-refractivity contribution in [2.45, 2.75) is 12.2 Å². The van der Waals surface area contributed by atoms with Crippen molar-refractivity contribution in [1.82, 2.24) is 0 Å². The van der Waals surface area contributed by atoms with Crippen molar-refractivity contribution in [1.29, 1.82) is 5.26 Å². The molecule has 2 nitrogen and oxygen atoms in total. The fourth-order valence-corrected chi connectivity index (χ4v) is 2.22. The van der Waals surface area contributed by atoms with Crippen molar-refractivity contribution in [3.8, 4) is 6.07 Å². The molecule has 1 unspecified atom stereocenters. The van der Waals surface area contributed by atoms with E-state index < -0.39 is 17.8 Å². The molecule has 0 heterocycles. The lowest BCUT2D eigenvalue weighted by Crippen LogP contribution is -2.11. The molecule has 2 aromatic carbocycles. The Morgan fingerprint density at radius 2 is 1.81 bits per heavy atom. The van der Waals surface area contributed by atoms with Gasteiger partial charge in [0.1, 0.15) is 6.04 Å². The minimum atomic E-state index is -4.43. The van der Waals surface area contributed by atoms with Crippen LogP contribution < -0.4 is 5.32 Å². The quantitative estimate of drug-likeness (QED) is 0.827. The van der Waals surface area contributed by atoms with Crippen molar-refractivity contribution >= 4 is 21.6 Å². The number of rotatable bonds is 3. The number of para-hydroxylation sites is 1. The summed E-state index contributed by atoms with van der Waals surface area (Å²) in [6.45, 7) is 0. The first-order valence-electron chi connectivity index (χ1n) is 5.99. The third-order valence-electron chi connectivity index (χ3n) is 2.85. The van der Waals surface area contributed by atoms with Crippen LogP contribution in [0.3, 0.4) is 0 Å². The third-order valence-corrected chi connectivity index (χ3v) is 3.54. The van der Waals surface area contributed by atoms with Crippen LogP contribution in [0.25, 0.3) is 0 Å². The van der Waals surface area contributed by atoms with Crippen LogP contribution >= 0.6 is 15.9 Å². The molecule has 108 valence electrons. The van der Waals surface area contributed by atoms with Gasteiger partial charge in [-0.1, -0.05) is 24.3 Å². The van der Waals surface area contributed by atoms with Gasteiger partial charge in [0.25, 0.3) is 0 Å². The SMILES string of the molecule is N#CC(Nc1ccccc1Br)c1cccc(C(F)(F)F)c1. The summed E-state index contributed by atoms with van der Waals surface area (Å²) in [6.07, 6.45) is -4.43. The first-order valence-corrected chi connectivity index (χ1v) is 6.79. The zero-order valence-electron chi connectivity index (χ0n) is 10.7. The van der Waals surface area contributed by atoms with E-state index in [4.69, 9.17) is 0 Å². The molecule has 6 heteroatoms. The molecule has 0 spiro atoms. The summed E-state index contributed by atoms with van der Waals surface area (Å²) in [5.74, 6) is 0. The van der Waals surface area contributed by atoms with E-state index >= 15 is 0 Å². The molecule has 1 N–H and O–H groups in total. The maximum absolute atomic E-state index is 12.7. The van der Waals surface area contributed by atoms with Crippen LogP contribution in [-0.4, -0.2) is 0 Å². The highest BCUT2D eigenvalue weighted by atomic mass is 79.9. The average Bonchev–Trinajstić information content (AvgIpc) is 2.46. The fourth-order valence-electron chi connectivity index (χ4n) is 1.82. The number of halogens is 4. The highest BCUT2D eigenvalue weighted by Gasteiger charge is 2.31. The monoisotopic (exact) mass is 354 g/mol. The Balaban J connectivity index is 2.31. The van der Waals surface area contributed by atoms with E-state index in [0.717, 1.165) is 16.6 Å². The summed E-state index contributed by atoms with van der Waals surface area (Å²) in [6, 6.07) is 13.0. The summed E-state index contributed by atoms with van der Waals surface area (Å²) in [4.78, 5) is 0. The lowest BCUT2D eigenvalue weighted by molar-refractivity contribution is -0.137. The molecular formula is C15H10BrF3N2. The summed E-state index contributed by atoms with van der Waals surface area (Å²) >= 11 is 3.32. The van der Waals surface area contributed by atoms with Gasteiger partial charge in [0.2, 0.25) is 0 Å². The number of hydrogen-bond acceptors (Lipinski definition) is 2. The number of nitrogens with one attached hydrogen (secondary N) is 1. The first kappa shape index (κ1) is 15.4. The van der Waals surface area contributed by atoms with Crippen LogP contribution in [0.5, 0.6) is 0 Å². The van der Waals surface area contributed by atoms with Crippen LogP contribution in [0, 0.1) is 11.3 Å². The Hall–Kier alpha value is -2.00. The molecule has 1 atom stereocenters.